The summed E-state index contributed by atoms with van der Waals surface area (Å²) in [5.41, 5.74) is 6.86. The molecule has 1 aliphatic carbocycles. The van der Waals surface area contributed by atoms with Crippen LogP contribution in [0.2, 0.25) is 0 Å². The van der Waals surface area contributed by atoms with Gasteiger partial charge in [0.2, 0.25) is 5.91 Å². The normalized spacial score (nSPS) is 17.6. The van der Waals surface area contributed by atoms with Crippen LogP contribution < -0.4 is 11.1 Å². The van der Waals surface area contributed by atoms with Crippen LogP contribution >= 0.6 is 0 Å². The molecule has 0 unspecified atom stereocenters. The Balaban J connectivity index is 1.87. The first kappa shape index (κ1) is 11.0. The second-order valence-corrected chi connectivity index (χ2v) is 4.34. The molecule has 1 aromatic rings. The summed E-state index contributed by atoms with van der Waals surface area (Å²) in [5.74, 6) is -0.0823. The molecule has 16 heavy (non-hydrogen) atoms. The van der Waals surface area contributed by atoms with Crippen LogP contribution in [0.25, 0.3) is 0 Å². The van der Waals surface area contributed by atoms with Gasteiger partial charge in [0.25, 0.3) is 0 Å². The topological polar surface area (TPSA) is 80.9 Å². The molecular weight excluding hydrogens is 204 g/mol. The van der Waals surface area contributed by atoms with E-state index in [1.807, 2.05) is 6.92 Å². The van der Waals surface area contributed by atoms with Crippen molar-refractivity contribution in [1.29, 1.82) is 0 Å². The molecule has 0 radical (unpaired) electrons. The van der Waals surface area contributed by atoms with Gasteiger partial charge in [-0.25, -0.2) is 0 Å². The van der Waals surface area contributed by atoms with Crippen LogP contribution in [0.4, 0.5) is 0 Å². The third-order valence-electron chi connectivity index (χ3n) is 2.96. The first-order chi connectivity index (χ1) is 7.60. The number of aryl methyl sites for hydroxylation is 1. The maximum Gasteiger partial charge on any atom is 0.240 e. The SMILES string of the molecule is Cc1cnc(CNC(=O)C2(N)CCC2)cn1. The Morgan fingerprint density at radius 1 is 1.50 bits per heavy atom. The first-order valence-electron chi connectivity index (χ1n) is 5.45. The number of carbonyl (C=O) groups is 1. The Labute approximate surface area is 94.5 Å². The van der Waals surface area contributed by atoms with Gasteiger partial charge in [0.1, 0.15) is 0 Å². The summed E-state index contributed by atoms with van der Waals surface area (Å²) in [5, 5.41) is 2.79. The average molecular weight is 220 g/mol. The van der Waals surface area contributed by atoms with E-state index in [-0.39, 0.29) is 5.91 Å². The molecule has 3 N–H and O–H groups in total. The number of aromatic nitrogens is 2. The van der Waals surface area contributed by atoms with Crippen LogP contribution in [0.15, 0.2) is 12.4 Å². The molecule has 0 atom stereocenters. The highest BCUT2D eigenvalue weighted by atomic mass is 16.2. The monoisotopic (exact) mass is 220 g/mol. The standard InChI is InChI=1S/C11H16N4O/c1-8-5-14-9(6-13-8)7-15-10(16)11(12)3-2-4-11/h5-6H,2-4,7,12H2,1H3,(H,15,16). The predicted octanol–water partition coefficient (Wildman–Crippen LogP) is 0.283. The van der Waals surface area contributed by atoms with Gasteiger partial charge in [-0.3, -0.25) is 14.8 Å². The fourth-order valence-corrected chi connectivity index (χ4v) is 1.64. The molecule has 1 aromatic heterocycles. The van der Waals surface area contributed by atoms with Crippen molar-refractivity contribution in [1.82, 2.24) is 15.3 Å². The second kappa shape index (κ2) is 4.17. The van der Waals surface area contributed by atoms with Gasteiger partial charge in [0, 0.05) is 6.20 Å². The van der Waals surface area contributed by atoms with E-state index in [1.54, 1.807) is 12.4 Å². The zero-order valence-electron chi connectivity index (χ0n) is 9.36. The van der Waals surface area contributed by atoms with Crippen LogP contribution in [0.1, 0.15) is 30.7 Å². The van der Waals surface area contributed by atoms with Crippen LogP contribution in [0.5, 0.6) is 0 Å². The summed E-state index contributed by atoms with van der Waals surface area (Å²) in [6, 6.07) is 0. The van der Waals surface area contributed by atoms with Crippen LogP contribution in [-0.4, -0.2) is 21.4 Å². The lowest BCUT2D eigenvalue weighted by molar-refractivity contribution is -0.129. The van der Waals surface area contributed by atoms with Gasteiger partial charge in [-0.1, -0.05) is 0 Å². The van der Waals surface area contributed by atoms with Crippen LogP contribution in [0, 0.1) is 6.92 Å². The van der Waals surface area contributed by atoms with E-state index < -0.39 is 5.54 Å². The highest BCUT2D eigenvalue weighted by Crippen LogP contribution is 2.28. The third kappa shape index (κ3) is 2.19. The number of amides is 1. The van der Waals surface area contributed by atoms with E-state index in [0.29, 0.717) is 6.54 Å². The number of nitrogens with one attached hydrogen (secondary N) is 1. The lowest BCUT2D eigenvalue weighted by Crippen LogP contribution is -2.58. The fraction of sp³-hybridized carbons (Fsp3) is 0.545. The highest BCUT2D eigenvalue weighted by Gasteiger charge is 2.39. The molecule has 5 heteroatoms. The maximum atomic E-state index is 11.7. The number of rotatable bonds is 3. The van der Waals surface area contributed by atoms with Gasteiger partial charge in [-0.15, -0.1) is 0 Å². The molecule has 1 amide bonds. The maximum absolute atomic E-state index is 11.7. The van der Waals surface area contributed by atoms with Crippen molar-refractivity contribution in [3.8, 4) is 0 Å². The molecule has 0 bridgehead atoms. The minimum Gasteiger partial charge on any atom is -0.349 e. The van der Waals surface area contributed by atoms with Crippen LogP contribution in [-0.2, 0) is 11.3 Å². The van der Waals surface area contributed by atoms with Crippen molar-refractivity contribution in [2.24, 2.45) is 5.73 Å². The van der Waals surface area contributed by atoms with Gasteiger partial charge in [0.15, 0.2) is 0 Å². The van der Waals surface area contributed by atoms with Gasteiger partial charge in [0.05, 0.1) is 29.7 Å². The number of hydrogen-bond donors (Lipinski definition) is 2. The van der Waals surface area contributed by atoms with Gasteiger partial charge in [-0.2, -0.15) is 0 Å². The molecule has 1 saturated carbocycles. The highest BCUT2D eigenvalue weighted by molar-refractivity contribution is 5.86. The quantitative estimate of drug-likeness (QED) is 0.766. The van der Waals surface area contributed by atoms with Gasteiger partial charge < -0.3 is 11.1 Å². The Bertz CT molecular complexity index is 383. The molecule has 1 aliphatic rings. The number of carbonyl (C=O) groups excluding carboxylic acids is 1. The second-order valence-electron chi connectivity index (χ2n) is 4.34. The molecular formula is C11H16N4O. The Morgan fingerprint density at radius 3 is 2.75 bits per heavy atom. The Hall–Kier alpha value is -1.49. The predicted molar refractivity (Wildman–Crippen MR) is 59.4 cm³/mol. The molecule has 0 aliphatic heterocycles. The van der Waals surface area contributed by atoms with Crippen molar-refractivity contribution in [2.45, 2.75) is 38.3 Å². The Kier molecular flexibility index (Phi) is 2.87. The fourth-order valence-electron chi connectivity index (χ4n) is 1.64. The molecule has 1 fully saturated rings. The average Bonchev–Trinajstić information content (AvgIpc) is 2.24. The lowest BCUT2D eigenvalue weighted by atomic mass is 9.77. The summed E-state index contributed by atoms with van der Waals surface area (Å²) >= 11 is 0. The third-order valence-corrected chi connectivity index (χ3v) is 2.96. The van der Waals surface area contributed by atoms with Crippen molar-refractivity contribution in [2.75, 3.05) is 0 Å². The summed E-state index contributed by atoms with van der Waals surface area (Å²) in [4.78, 5) is 20.0. The number of hydrogen-bond acceptors (Lipinski definition) is 4. The minimum atomic E-state index is -0.641. The van der Waals surface area contributed by atoms with E-state index in [0.717, 1.165) is 30.7 Å². The molecule has 86 valence electrons. The smallest absolute Gasteiger partial charge is 0.240 e. The summed E-state index contributed by atoms with van der Waals surface area (Å²) in [7, 11) is 0. The van der Waals surface area contributed by atoms with E-state index in [1.165, 1.54) is 0 Å². The lowest BCUT2D eigenvalue weighted by Gasteiger charge is -2.36. The molecule has 5 nitrogen and oxygen atoms in total. The molecule has 1 heterocycles. The number of nitrogens with zero attached hydrogens (tertiary/aromatic N) is 2. The van der Waals surface area contributed by atoms with Crippen molar-refractivity contribution >= 4 is 5.91 Å². The van der Waals surface area contributed by atoms with E-state index >= 15 is 0 Å². The van der Waals surface area contributed by atoms with E-state index in [4.69, 9.17) is 5.73 Å². The summed E-state index contributed by atoms with van der Waals surface area (Å²) < 4.78 is 0. The molecule has 0 aromatic carbocycles. The van der Waals surface area contributed by atoms with Gasteiger partial charge >= 0.3 is 0 Å². The van der Waals surface area contributed by atoms with Gasteiger partial charge in [-0.05, 0) is 26.2 Å². The van der Waals surface area contributed by atoms with Crippen molar-refractivity contribution < 1.29 is 4.79 Å². The first-order valence-corrected chi connectivity index (χ1v) is 5.45. The molecule has 0 saturated heterocycles. The summed E-state index contributed by atoms with van der Waals surface area (Å²) in [6.07, 6.45) is 5.94. The minimum absolute atomic E-state index is 0.0823. The number of nitrogens with two attached hydrogens (primary N) is 1. The van der Waals surface area contributed by atoms with Crippen molar-refractivity contribution in [3.63, 3.8) is 0 Å². The van der Waals surface area contributed by atoms with E-state index in [2.05, 4.69) is 15.3 Å². The van der Waals surface area contributed by atoms with Crippen molar-refractivity contribution in [3.05, 3.63) is 23.8 Å². The largest absolute Gasteiger partial charge is 0.349 e. The zero-order chi connectivity index (χ0) is 11.6. The Morgan fingerprint density at radius 2 is 2.25 bits per heavy atom. The van der Waals surface area contributed by atoms with Crippen LogP contribution in [0.3, 0.4) is 0 Å². The molecule has 0 spiro atoms. The zero-order valence-corrected chi connectivity index (χ0v) is 9.36. The summed E-state index contributed by atoms with van der Waals surface area (Å²) in [6.45, 7) is 2.27. The van der Waals surface area contributed by atoms with E-state index in [9.17, 15) is 4.79 Å². The molecule has 2 rings (SSSR count).